The summed E-state index contributed by atoms with van der Waals surface area (Å²) in [6, 6.07) is 7.33. The molecule has 0 fully saturated rings. The van der Waals surface area contributed by atoms with Crippen LogP contribution in [0.5, 0.6) is 5.75 Å². The summed E-state index contributed by atoms with van der Waals surface area (Å²) in [5.41, 5.74) is 6.07. The van der Waals surface area contributed by atoms with Crippen LogP contribution in [0.1, 0.15) is 12.0 Å². The zero-order valence-electron chi connectivity index (χ0n) is 11.3. The van der Waals surface area contributed by atoms with Gasteiger partial charge < -0.3 is 20.2 Å². The third kappa shape index (κ3) is 5.90. The van der Waals surface area contributed by atoms with Crippen molar-refractivity contribution < 1.29 is 19.3 Å². The molecule has 0 aliphatic rings. The standard InChI is InChI=1S/C14H19BNO4/c1-2-3-8-19-12-6-4-11(5-7-12)9-13(14(17)18)15-20-10-16/h2,4-7,13H,1,3,8-10,16H2,(H,17,18). The fourth-order valence-corrected chi connectivity index (χ4v) is 1.60. The molecule has 1 rings (SSSR count). The van der Waals surface area contributed by atoms with Crippen LogP contribution in [0.3, 0.4) is 0 Å². The first-order chi connectivity index (χ1) is 9.67. The number of aliphatic carboxylic acids is 1. The van der Waals surface area contributed by atoms with E-state index in [9.17, 15) is 4.79 Å². The maximum Gasteiger partial charge on any atom is 0.309 e. The molecule has 1 aromatic rings. The Morgan fingerprint density at radius 3 is 2.70 bits per heavy atom. The minimum Gasteiger partial charge on any atom is -0.493 e. The molecule has 5 nitrogen and oxygen atoms in total. The Bertz CT molecular complexity index is 422. The lowest BCUT2D eigenvalue weighted by Gasteiger charge is -2.11. The maximum absolute atomic E-state index is 11.1. The number of carbonyl (C=O) groups is 1. The molecule has 0 aliphatic heterocycles. The van der Waals surface area contributed by atoms with Crippen molar-refractivity contribution in [1.29, 1.82) is 0 Å². The SMILES string of the molecule is C=CCCOc1ccc(CC([B]OCN)C(=O)O)cc1. The number of carboxylic acids is 1. The van der Waals surface area contributed by atoms with Crippen molar-refractivity contribution >= 4 is 13.5 Å². The molecule has 20 heavy (non-hydrogen) atoms. The minimum absolute atomic E-state index is 0.0279. The van der Waals surface area contributed by atoms with E-state index in [4.69, 9.17) is 20.2 Å². The Morgan fingerprint density at radius 1 is 1.45 bits per heavy atom. The topological polar surface area (TPSA) is 81.8 Å². The molecule has 1 unspecified atom stereocenters. The van der Waals surface area contributed by atoms with Gasteiger partial charge in [-0.1, -0.05) is 18.2 Å². The van der Waals surface area contributed by atoms with Gasteiger partial charge in [0.15, 0.2) is 0 Å². The number of ether oxygens (including phenoxy) is 1. The molecule has 0 saturated heterocycles. The van der Waals surface area contributed by atoms with Crippen LogP contribution in [0, 0.1) is 0 Å². The van der Waals surface area contributed by atoms with Crippen molar-refractivity contribution in [2.45, 2.75) is 18.7 Å². The van der Waals surface area contributed by atoms with Gasteiger partial charge >= 0.3 is 13.5 Å². The van der Waals surface area contributed by atoms with Gasteiger partial charge in [-0.15, -0.1) is 6.58 Å². The highest BCUT2D eigenvalue weighted by atomic mass is 16.5. The average molecular weight is 276 g/mol. The summed E-state index contributed by atoms with van der Waals surface area (Å²) in [4.78, 5) is 11.1. The van der Waals surface area contributed by atoms with Gasteiger partial charge in [-0.05, 0) is 30.5 Å². The summed E-state index contributed by atoms with van der Waals surface area (Å²) in [5, 5.41) is 9.07. The van der Waals surface area contributed by atoms with E-state index < -0.39 is 11.8 Å². The van der Waals surface area contributed by atoms with Crippen molar-refractivity contribution in [1.82, 2.24) is 0 Å². The smallest absolute Gasteiger partial charge is 0.309 e. The van der Waals surface area contributed by atoms with Gasteiger partial charge in [0.1, 0.15) is 5.75 Å². The molecule has 0 saturated carbocycles. The van der Waals surface area contributed by atoms with Crippen LogP contribution >= 0.6 is 0 Å². The van der Waals surface area contributed by atoms with Crippen LogP contribution in [0.4, 0.5) is 0 Å². The maximum atomic E-state index is 11.1. The second-order valence-corrected chi connectivity index (χ2v) is 4.19. The van der Waals surface area contributed by atoms with Gasteiger partial charge in [-0.2, -0.15) is 0 Å². The molecular formula is C14H19BNO4. The summed E-state index contributed by atoms with van der Waals surface area (Å²) in [7, 11) is 1.26. The second kappa shape index (κ2) is 9.17. The van der Waals surface area contributed by atoms with E-state index in [2.05, 4.69) is 6.58 Å². The lowest BCUT2D eigenvalue weighted by molar-refractivity contribution is -0.137. The highest BCUT2D eigenvalue weighted by Crippen LogP contribution is 2.18. The number of nitrogens with two attached hydrogens (primary N) is 1. The largest absolute Gasteiger partial charge is 0.493 e. The first-order valence-corrected chi connectivity index (χ1v) is 6.37. The molecule has 3 N–H and O–H groups in total. The van der Waals surface area contributed by atoms with Gasteiger partial charge in [0.25, 0.3) is 0 Å². The molecule has 0 heterocycles. The third-order valence-corrected chi connectivity index (χ3v) is 2.64. The van der Waals surface area contributed by atoms with Crippen molar-refractivity contribution in [2.75, 3.05) is 13.3 Å². The van der Waals surface area contributed by atoms with E-state index in [1.54, 1.807) is 6.08 Å². The predicted octanol–water partition coefficient (Wildman–Crippen LogP) is 1.61. The molecule has 0 aromatic heterocycles. The van der Waals surface area contributed by atoms with Crippen molar-refractivity contribution in [3.8, 4) is 5.75 Å². The number of hydrogen-bond acceptors (Lipinski definition) is 4. The molecular weight excluding hydrogens is 257 g/mol. The molecule has 1 radical (unpaired) electrons. The van der Waals surface area contributed by atoms with Gasteiger partial charge in [-0.25, -0.2) is 0 Å². The monoisotopic (exact) mass is 276 g/mol. The molecule has 6 heteroatoms. The first-order valence-electron chi connectivity index (χ1n) is 6.37. The lowest BCUT2D eigenvalue weighted by Crippen LogP contribution is -2.21. The fraction of sp³-hybridized carbons (Fsp3) is 0.357. The first kappa shape index (κ1) is 16.3. The van der Waals surface area contributed by atoms with Gasteiger partial charge in [-0.3, -0.25) is 4.79 Å². The number of benzene rings is 1. The third-order valence-electron chi connectivity index (χ3n) is 2.64. The van der Waals surface area contributed by atoms with Crippen molar-refractivity contribution in [3.05, 3.63) is 42.5 Å². The quantitative estimate of drug-likeness (QED) is 0.293. The van der Waals surface area contributed by atoms with E-state index >= 15 is 0 Å². The predicted molar refractivity (Wildman–Crippen MR) is 77.7 cm³/mol. The summed E-state index contributed by atoms with van der Waals surface area (Å²) in [6.45, 7) is 4.17. The van der Waals surface area contributed by atoms with Crippen LogP contribution in [0.2, 0.25) is 5.82 Å². The molecule has 0 aliphatic carbocycles. The zero-order chi connectivity index (χ0) is 14.8. The molecule has 0 amide bonds. The zero-order valence-corrected chi connectivity index (χ0v) is 11.3. The van der Waals surface area contributed by atoms with Crippen LogP contribution < -0.4 is 10.5 Å². The van der Waals surface area contributed by atoms with E-state index in [1.165, 1.54) is 7.48 Å². The molecule has 0 spiro atoms. The highest BCUT2D eigenvalue weighted by molar-refractivity contribution is 6.36. The number of rotatable bonds is 10. The Kier molecular flexibility index (Phi) is 7.46. The van der Waals surface area contributed by atoms with Crippen molar-refractivity contribution in [2.24, 2.45) is 5.73 Å². The molecule has 1 atom stereocenters. The highest BCUT2D eigenvalue weighted by Gasteiger charge is 2.20. The average Bonchev–Trinajstić information content (AvgIpc) is 2.45. The number of hydrogen-bond donors (Lipinski definition) is 2. The summed E-state index contributed by atoms with van der Waals surface area (Å²) in [5.74, 6) is -0.902. The van der Waals surface area contributed by atoms with E-state index in [-0.39, 0.29) is 6.73 Å². The summed E-state index contributed by atoms with van der Waals surface area (Å²) >= 11 is 0. The van der Waals surface area contributed by atoms with Gasteiger partial charge in [0.2, 0.25) is 0 Å². The van der Waals surface area contributed by atoms with E-state index in [1.807, 2.05) is 24.3 Å². The Morgan fingerprint density at radius 2 is 2.15 bits per heavy atom. The van der Waals surface area contributed by atoms with E-state index in [0.717, 1.165) is 17.7 Å². The normalized spacial score (nSPS) is 11.7. The number of carboxylic acid groups (broad SMARTS) is 1. The van der Waals surface area contributed by atoms with Crippen LogP contribution in [0.15, 0.2) is 36.9 Å². The molecule has 107 valence electrons. The Hall–Kier alpha value is -1.79. The van der Waals surface area contributed by atoms with Crippen LogP contribution in [-0.2, 0) is 15.9 Å². The van der Waals surface area contributed by atoms with Crippen LogP contribution in [0.25, 0.3) is 0 Å². The van der Waals surface area contributed by atoms with Gasteiger partial charge in [0.05, 0.1) is 19.2 Å². The second-order valence-electron chi connectivity index (χ2n) is 4.19. The Balaban J connectivity index is 2.53. The summed E-state index contributed by atoms with van der Waals surface area (Å²) in [6.07, 6.45) is 2.93. The van der Waals surface area contributed by atoms with Gasteiger partial charge in [0, 0.05) is 0 Å². The molecule has 0 bridgehead atoms. The summed E-state index contributed by atoms with van der Waals surface area (Å²) < 4.78 is 10.3. The van der Waals surface area contributed by atoms with Crippen LogP contribution in [-0.4, -0.2) is 31.9 Å². The minimum atomic E-state index is -0.940. The molecule has 1 aromatic carbocycles. The lowest BCUT2D eigenvalue weighted by atomic mass is 9.76. The van der Waals surface area contributed by atoms with Crippen molar-refractivity contribution in [3.63, 3.8) is 0 Å². The van der Waals surface area contributed by atoms with E-state index in [0.29, 0.717) is 13.0 Å². The fourth-order valence-electron chi connectivity index (χ4n) is 1.60. The Labute approximate surface area is 119 Å².